The topological polar surface area (TPSA) is 61.5 Å². The molecule has 1 aromatic rings. The van der Waals surface area contributed by atoms with Gasteiger partial charge < -0.3 is 9.47 Å². The Bertz CT molecular complexity index is 427. The van der Waals surface area contributed by atoms with Crippen molar-refractivity contribution in [1.82, 2.24) is 0 Å². The average molecular weight is 277 g/mol. The summed E-state index contributed by atoms with van der Waals surface area (Å²) in [4.78, 5) is 12.2. The second kappa shape index (κ2) is 6.75. The molecule has 1 aliphatic rings. The Morgan fingerprint density at radius 2 is 1.90 bits per heavy atom. The molecule has 0 bridgehead atoms. The minimum Gasteiger partial charge on any atom is -0.479 e. The van der Waals surface area contributed by atoms with E-state index in [9.17, 15) is 4.79 Å². The molecule has 4 heteroatoms. The first-order chi connectivity index (χ1) is 9.63. The third kappa shape index (κ3) is 3.97. The van der Waals surface area contributed by atoms with E-state index >= 15 is 0 Å². The Labute approximate surface area is 120 Å². The van der Waals surface area contributed by atoms with E-state index in [-0.39, 0.29) is 5.97 Å². The largest absolute Gasteiger partial charge is 0.479 e. The SMILES string of the molecule is CCC(Oc1ccccc1)C(=O)OC1(N)CCCCC1. The quantitative estimate of drug-likeness (QED) is 0.664. The van der Waals surface area contributed by atoms with Crippen molar-refractivity contribution < 1.29 is 14.3 Å². The standard InChI is InChI=1S/C16H23NO3/c1-2-14(19-13-9-5-3-6-10-13)15(18)20-16(17)11-7-4-8-12-16/h3,5-6,9-10,14H,2,4,7-8,11-12,17H2,1H3. The molecule has 1 atom stereocenters. The number of rotatable bonds is 5. The molecule has 2 rings (SSSR count). The molecule has 0 aromatic heterocycles. The predicted molar refractivity (Wildman–Crippen MR) is 77.2 cm³/mol. The van der Waals surface area contributed by atoms with Crippen LogP contribution in [-0.2, 0) is 9.53 Å². The highest BCUT2D eigenvalue weighted by Gasteiger charge is 2.34. The first-order valence-electron chi connectivity index (χ1n) is 7.36. The molecule has 1 aliphatic carbocycles. The average Bonchev–Trinajstić information content (AvgIpc) is 2.46. The van der Waals surface area contributed by atoms with Gasteiger partial charge in [-0.05, 0) is 31.4 Å². The summed E-state index contributed by atoms with van der Waals surface area (Å²) in [5, 5.41) is 0. The molecule has 0 saturated heterocycles. The summed E-state index contributed by atoms with van der Waals surface area (Å²) in [5.74, 6) is 0.312. The summed E-state index contributed by atoms with van der Waals surface area (Å²) in [6.45, 7) is 1.90. The Morgan fingerprint density at radius 3 is 2.50 bits per heavy atom. The number of nitrogens with two attached hydrogens (primary N) is 1. The number of benzene rings is 1. The minimum absolute atomic E-state index is 0.360. The van der Waals surface area contributed by atoms with Gasteiger partial charge in [-0.25, -0.2) is 4.79 Å². The van der Waals surface area contributed by atoms with Crippen molar-refractivity contribution in [2.24, 2.45) is 5.73 Å². The molecule has 1 aromatic carbocycles. The maximum absolute atomic E-state index is 12.2. The van der Waals surface area contributed by atoms with Gasteiger partial charge in [0.2, 0.25) is 0 Å². The second-order valence-corrected chi connectivity index (χ2v) is 5.37. The number of para-hydroxylation sites is 1. The van der Waals surface area contributed by atoms with Crippen molar-refractivity contribution >= 4 is 5.97 Å². The van der Waals surface area contributed by atoms with Crippen LogP contribution in [0.1, 0.15) is 45.4 Å². The smallest absolute Gasteiger partial charge is 0.349 e. The third-order valence-electron chi connectivity index (χ3n) is 3.66. The van der Waals surface area contributed by atoms with Gasteiger partial charge in [0.05, 0.1) is 0 Å². The van der Waals surface area contributed by atoms with Crippen LogP contribution < -0.4 is 10.5 Å². The zero-order chi connectivity index (χ0) is 14.4. The number of carbonyl (C=O) groups is 1. The van der Waals surface area contributed by atoms with Gasteiger partial charge in [-0.1, -0.05) is 31.5 Å². The fraction of sp³-hybridized carbons (Fsp3) is 0.562. The van der Waals surface area contributed by atoms with Gasteiger partial charge in [0.1, 0.15) is 5.75 Å². The van der Waals surface area contributed by atoms with E-state index in [1.165, 1.54) is 0 Å². The van der Waals surface area contributed by atoms with E-state index in [2.05, 4.69) is 0 Å². The van der Waals surface area contributed by atoms with Crippen molar-refractivity contribution in [3.63, 3.8) is 0 Å². The third-order valence-corrected chi connectivity index (χ3v) is 3.66. The summed E-state index contributed by atoms with van der Waals surface area (Å²) in [6.07, 6.45) is 4.62. The lowest BCUT2D eigenvalue weighted by Gasteiger charge is -2.33. The van der Waals surface area contributed by atoms with Crippen LogP contribution in [0.15, 0.2) is 30.3 Å². The molecule has 20 heavy (non-hydrogen) atoms. The van der Waals surface area contributed by atoms with Gasteiger partial charge in [0, 0.05) is 12.8 Å². The zero-order valence-electron chi connectivity index (χ0n) is 12.0. The molecule has 0 heterocycles. The number of hydrogen-bond acceptors (Lipinski definition) is 4. The van der Waals surface area contributed by atoms with Gasteiger partial charge in [0.25, 0.3) is 0 Å². The lowest BCUT2D eigenvalue weighted by molar-refractivity contribution is -0.171. The van der Waals surface area contributed by atoms with E-state index in [1.807, 2.05) is 37.3 Å². The lowest BCUT2D eigenvalue weighted by atomic mass is 9.92. The highest BCUT2D eigenvalue weighted by Crippen LogP contribution is 2.27. The summed E-state index contributed by atoms with van der Waals surface area (Å²) in [6, 6.07) is 9.31. The fourth-order valence-electron chi connectivity index (χ4n) is 2.48. The van der Waals surface area contributed by atoms with E-state index in [0.29, 0.717) is 12.2 Å². The van der Waals surface area contributed by atoms with Crippen LogP contribution in [0.4, 0.5) is 0 Å². The summed E-state index contributed by atoms with van der Waals surface area (Å²) >= 11 is 0. The molecular weight excluding hydrogens is 254 g/mol. The molecule has 1 saturated carbocycles. The highest BCUT2D eigenvalue weighted by molar-refractivity contribution is 5.75. The Kier molecular flexibility index (Phi) is 5.01. The summed E-state index contributed by atoms with van der Waals surface area (Å²) in [5.41, 5.74) is 5.34. The van der Waals surface area contributed by atoms with Crippen LogP contribution in [0.2, 0.25) is 0 Å². The molecular formula is C16H23NO3. The maximum Gasteiger partial charge on any atom is 0.349 e. The Balaban J connectivity index is 1.95. The molecule has 0 spiro atoms. The van der Waals surface area contributed by atoms with Crippen LogP contribution in [0.3, 0.4) is 0 Å². The lowest BCUT2D eigenvalue weighted by Crippen LogP contribution is -2.48. The van der Waals surface area contributed by atoms with Gasteiger partial charge in [-0.3, -0.25) is 5.73 Å². The number of ether oxygens (including phenoxy) is 2. The monoisotopic (exact) mass is 277 g/mol. The molecule has 2 N–H and O–H groups in total. The minimum atomic E-state index is -0.803. The summed E-state index contributed by atoms with van der Waals surface area (Å²) in [7, 11) is 0. The molecule has 4 nitrogen and oxygen atoms in total. The number of hydrogen-bond donors (Lipinski definition) is 1. The van der Waals surface area contributed by atoms with Crippen LogP contribution in [0.5, 0.6) is 5.75 Å². The van der Waals surface area contributed by atoms with Crippen molar-refractivity contribution in [3.8, 4) is 5.75 Å². The van der Waals surface area contributed by atoms with Crippen LogP contribution in [0.25, 0.3) is 0 Å². The fourth-order valence-corrected chi connectivity index (χ4v) is 2.48. The van der Waals surface area contributed by atoms with Gasteiger partial charge >= 0.3 is 5.97 Å². The highest BCUT2D eigenvalue weighted by atomic mass is 16.6. The molecule has 0 radical (unpaired) electrons. The Hall–Kier alpha value is -1.55. The van der Waals surface area contributed by atoms with Crippen molar-refractivity contribution in [2.45, 2.75) is 57.3 Å². The number of esters is 1. The van der Waals surface area contributed by atoms with Crippen molar-refractivity contribution in [2.75, 3.05) is 0 Å². The molecule has 1 unspecified atom stereocenters. The zero-order valence-corrected chi connectivity index (χ0v) is 12.0. The predicted octanol–water partition coefficient (Wildman–Crippen LogP) is 3.01. The van der Waals surface area contributed by atoms with Gasteiger partial charge in [0.15, 0.2) is 11.8 Å². The van der Waals surface area contributed by atoms with Gasteiger partial charge in [-0.2, -0.15) is 0 Å². The number of carbonyl (C=O) groups excluding carboxylic acids is 1. The van der Waals surface area contributed by atoms with E-state index < -0.39 is 11.8 Å². The Morgan fingerprint density at radius 1 is 1.25 bits per heavy atom. The molecule has 0 amide bonds. The van der Waals surface area contributed by atoms with E-state index in [4.69, 9.17) is 15.2 Å². The van der Waals surface area contributed by atoms with E-state index in [1.54, 1.807) is 0 Å². The van der Waals surface area contributed by atoms with Crippen molar-refractivity contribution in [1.29, 1.82) is 0 Å². The molecule has 1 fully saturated rings. The maximum atomic E-state index is 12.2. The van der Waals surface area contributed by atoms with Crippen LogP contribution >= 0.6 is 0 Å². The van der Waals surface area contributed by atoms with Gasteiger partial charge in [-0.15, -0.1) is 0 Å². The van der Waals surface area contributed by atoms with Crippen molar-refractivity contribution in [3.05, 3.63) is 30.3 Å². The van der Waals surface area contributed by atoms with Crippen LogP contribution in [0, 0.1) is 0 Å². The normalized spacial score (nSPS) is 19.1. The first kappa shape index (κ1) is 14.9. The van der Waals surface area contributed by atoms with E-state index in [0.717, 1.165) is 32.1 Å². The second-order valence-electron chi connectivity index (χ2n) is 5.37. The molecule has 0 aliphatic heterocycles. The first-order valence-corrected chi connectivity index (χ1v) is 7.36. The molecule has 110 valence electrons. The van der Waals surface area contributed by atoms with Crippen LogP contribution in [-0.4, -0.2) is 17.8 Å². The summed E-state index contributed by atoms with van der Waals surface area (Å²) < 4.78 is 11.2.